The van der Waals surface area contributed by atoms with Gasteiger partial charge in [-0.25, -0.2) is 9.69 Å². The van der Waals surface area contributed by atoms with Crippen molar-refractivity contribution in [1.29, 1.82) is 0 Å². The molecule has 1 fully saturated rings. The van der Waals surface area contributed by atoms with Gasteiger partial charge in [0.15, 0.2) is 0 Å². The highest BCUT2D eigenvalue weighted by Gasteiger charge is 2.37. The van der Waals surface area contributed by atoms with E-state index in [-0.39, 0.29) is 11.1 Å². The van der Waals surface area contributed by atoms with E-state index in [0.717, 1.165) is 45.0 Å². The van der Waals surface area contributed by atoms with Crippen molar-refractivity contribution in [1.82, 2.24) is 5.32 Å². The Bertz CT molecular complexity index is 1250. The lowest BCUT2D eigenvalue weighted by Crippen LogP contribution is -2.54. The minimum atomic E-state index is -0.738. The van der Waals surface area contributed by atoms with Gasteiger partial charge in [0.05, 0.1) is 11.2 Å². The van der Waals surface area contributed by atoms with E-state index in [0.29, 0.717) is 5.69 Å². The summed E-state index contributed by atoms with van der Waals surface area (Å²) >= 11 is 0. The molecule has 1 saturated heterocycles. The monoisotopic (exact) mass is 443 g/mol. The van der Waals surface area contributed by atoms with Crippen LogP contribution in [0, 0.1) is 13.8 Å². The summed E-state index contributed by atoms with van der Waals surface area (Å²) in [6, 6.07) is 10.5. The molecular weight excluding hydrogens is 414 g/mol. The molecule has 2 aromatic rings. The number of nitrogens with zero attached hydrogens (tertiary/aromatic N) is 2. The number of carbonyl (C=O) groups excluding carboxylic acids is 3. The number of barbiturate groups is 1. The number of benzene rings is 2. The van der Waals surface area contributed by atoms with Crippen LogP contribution in [0.1, 0.15) is 49.9 Å². The summed E-state index contributed by atoms with van der Waals surface area (Å²) in [6.07, 6.45) is 3.83. The van der Waals surface area contributed by atoms with E-state index < -0.39 is 17.8 Å². The summed E-state index contributed by atoms with van der Waals surface area (Å²) in [5.74, 6) is -1.31. The maximum absolute atomic E-state index is 13.3. The molecule has 4 rings (SSSR count). The number of carbonyl (C=O) groups is 3. The first-order chi connectivity index (χ1) is 15.5. The molecule has 0 atom stereocenters. The van der Waals surface area contributed by atoms with E-state index in [1.54, 1.807) is 18.2 Å². The number of hydrogen-bond acceptors (Lipinski definition) is 4. The quantitative estimate of drug-likeness (QED) is 0.536. The zero-order chi connectivity index (χ0) is 24.1. The number of anilines is 2. The molecule has 0 aliphatic carbocycles. The first kappa shape index (κ1) is 22.5. The number of hydrogen-bond donors (Lipinski definition) is 1. The second kappa shape index (κ2) is 8.03. The number of urea groups is 1. The first-order valence-corrected chi connectivity index (χ1v) is 11.1. The molecule has 170 valence electrons. The van der Waals surface area contributed by atoms with Crippen molar-refractivity contribution in [2.75, 3.05) is 16.3 Å². The molecule has 6 nitrogen and oxygen atoms in total. The Balaban J connectivity index is 1.81. The summed E-state index contributed by atoms with van der Waals surface area (Å²) in [7, 11) is 0. The number of allylic oxidation sites excluding steroid dienone is 1. The van der Waals surface area contributed by atoms with E-state index in [1.807, 2.05) is 32.0 Å². The zero-order valence-electron chi connectivity index (χ0n) is 19.9. The molecule has 0 saturated carbocycles. The molecule has 6 heteroatoms. The highest BCUT2D eigenvalue weighted by Crippen LogP contribution is 2.40. The summed E-state index contributed by atoms with van der Waals surface area (Å²) in [6.45, 7) is 13.2. The molecule has 2 aliphatic rings. The minimum Gasteiger partial charge on any atom is -0.363 e. The van der Waals surface area contributed by atoms with Crippen LogP contribution in [0.15, 0.2) is 48.0 Å². The van der Waals surface area contributed by atoms with Crippen molar-refractivity contribution in [2.24, 2.45) is 0 Å². The normalized spacial score (nSPS) is 18.9. The van der Waals surface area contributed by atoms with Crippen LogP contribution in [0.3, 0.4) is 0 Å². The van der Waals surface area contributed by atoms with Crippen LogP contribution in [0.5, 0.6) is 0 Å². The topological polar surface area (TPSA) is 69.7 Å². The number of imide groups is 2. The van der Waals surface area contributed by atoms with Gasteiger partial charge in [-0.3, -0.25) is 14.9 Å². The van der Waals surface area contributed by atoms with Gasteiger partial charge in [0.1, 0.15) is 5.57 Å². The predicted molar refractivity (Wildman–Crippen MR) is 132 cm³/mol. The van der Waals surface area contributed by atoms with Crippen LogP contribution >= 0.6 is 0 Å². The third-order valence-corrected chi connectivity index (χ3v) is 6.44. The number of nitrogens with one attached hydrogen (secondary N) is 1. The molecule has 0 bridgehead atoms. The Morgan fingerprint density at radius 1 is 0.970 bits per heavy atom. The van der Waals surface area contributed by atoms with Gasteiger partial charge in [0.2, 0.25) is 0 Å². The van der Waals surface area contributed by atoms with Gasteiger partial charge in [-0.05, 0) is 88.1 Å². The Hall–Kier alpha value is -3.67. The van der Waals surface area contributed by atoms with Gasteiger partial charge in [-0.2, -0.15) is 0 Å². The zero-order valence-corrected chi connectivity index (χ0v) is 19.9. The van der Waals surface area contributed by atoms with Gasteiger partial charge < -0.3 is 4.90 Å². The maximum atomic E-state index is 13.3. The van der Waals surface area contributed by atoms with E-state index in [4.69, 9.17) is 0 Å². The summed E-state index contributed by atoms with van der Waals surface area (Å²) in [4.78, 5) is 41.9. The first-order valence-electron chi connectivity index (χ1n) is 11.1. The highest BCUT2D eigenvalue weighted by atomic mass is 16.2. The van der Waals surface area contributed by atoms with E-state index in [1.165, 1.54) is 0 Å². The number of aryl methyl sites for hydroxylation is 2. The lowest BCUT2D eigenvalue weighted by Gasteiger charge is -2.43. The van der Waals surface area contributed by atoms with Gasteiger partial charge in [-0.1, -0.05) is 24.3 Å². The van der Waals surface area contributed by atoms with E-state index in [9.17, 15) is 14.4 Å². The third-order valence-electron chi connectivity index (χ3n) is 6.44. The Morgan fingerprint density at radius 3 is 2.33 bits per heavy atom. The minimum absolute atomic E-state index is 0.0639. The number of para-hydroxylation sites is 1. The molecule has 33 heavy (non-hydrogen) atoms. The summed E-state index contributed by atoms with van der Waals surface area (Å²) < 4.78 is 0. The highest BCUT2D eigenvalue weighted by molar-refractivity contribution is 6.39. The lowest BCUT2D eigenvalue weighted by atomic mass is 9.86. The number of likely N-dealkylation sites (N-methyl/N-ethyl adjacent to an activating group) is 1. The van der Waals surface area contributed by atoms with Crippen LogP contribution in [-0.4, -0.2) is 29.9 Å². The van der Waals surface area contributed by atoms with E-state index >= 15 is 0 Å². The molecule has 2 aromatic carbocycles. The molecule has 0 aromatic heterocycles. The van der Waals surface area contributed by atoms with Gasteiger partial charge in [0.25, 0.3) is 11.8 Å². The molecule has 0 unspecified atom stereocenters. The Kier molecular flexibility index (Phi) is 5.48. The van der Waals surface area contributed by atoms with Crippen LogP contribution < -0.4 is 15.1 Å². The Labute approximate surface area is 194 Å². The molecular formula is C27H29N3O3. The summed E-state index contributed by atoms with van der Waals surface area (Å²) in [5.41, 5.74) is 6.14. The smallest absolute Gasteiger partial charge is 0.335 e. The SMILES string of the molecule is CCN1c2cc(C)c(/C=C3\C(=O)NC(=O)N(c4ccccc4C)C3=O)cc2C(C)=CC1(C)C. The van der Waals surface area contributed by atoms with Crippen LogP contribution in [0.4, 0.5) is 16.2 Å². The number of rotatable bonds is 3. The molecule has 1 N–H and O–H groups in total. The second-order valence-electron chi connectivity index (χ2n) is 9.20. The molecule has 0 spiro atoms. The fraction of sp³-hybridized carbons (Fsp3) is 0.296. The van der Waals surface area contributed by atoms with Crippen molar-refractivity contribution in [3.63, 3.8) is 0 Å². The maximum Gasteiger partial charge on any atom is 0.335 e. The van der Waals surface area contributed by atoms with Gasteiger partial charge >= 0.3 is 6.03 Å². The lowest BCUT2D eigenvalue weighted by molar-refractivity contribution is -0.122. The predicted octanol–water partition coefficient (Wildman–Crippen LogP) is 4.99. The van der Waals surface area contributed by atoms with Crippen molar-refractivity contribution < 1.29 is 14.4 Å². The average Bonchev–Trinajstić information content (AvgIpc) is 2.72. The fourth-order valence-corrected chi connectivity index (χ4v) is 4.82. The Morgan fingerprint density at radius 2 is 1.67 bits per heavy atom. The van der Waals surface area contributed by atoms with Crippen molar-refractivity contribution >= 4 is 40.9 Å². The average molecular weight is 444 g/mol. The van der Waals surface area contributed by atoms with Gasteiger partial charge in [-0.15, -0.1) is 0 Å². The standard InChI is InChI=1S/C27H29N3O3/c1-7-29-23-12-17(3)19(13-20(23)18(4)15-27(29,5)6)14-21-24(31)28-26(33)30(25(21)32)22-11-9-8-10-16(22)2/h8-15H,7H2,1-6H3,(H,28,31,33)/b21-14+. The van der Waals surface area contributed by atoms with Crippen LogP contribution in [0.2, 0.25) is 0 Å². The number of amides is 4. The molecule has 2 heterocycles. The largest absolute Gasteiger partial charge is 0.363 e. The molecule has 2 aliphatic heterocycles. The van der Waals surface area contributed by atoms with Crippen molar-refractivity contribution in [2.45, 2.75) is 47.1 Å². The fourth-order valence-electron chi connectivity index (χ4n) is 4.82. The molecule has 4 amide bonds. The molecule has 0 radical (unpaired) electrons. The van der Waals surface area contributed by atoms with Crippen LogP contribution in [0.25, 0.3) is 11.6 Å². The van der Waals surface area contributed by atoms with E-state index in [2.05, 4.69) is 50.1 Å². The van der Waals surface area contributed by atoms with Gasteiger partial charge in [0, 0.05) is 17.8 Å². The van der Waals surface area contributed by atoms with Crippen molar-refractivity contribution in [3.05, 3.63) is 70.3 Å². The van der Waals surface area contributed by atoms with Crippen molar-refractivity contribution in [3.8, 4) is 0 Å². The van der Waals surface area contributed by atoms with Crippen LogP contribution in [-0.2, 0) is 9.59 Å². The summed E-state index contributed by atoms with van der Waals surface area (Å²) in [5, 5.41) is 2.31. The second-order valence-corrected chi connectivity index (χ2v) is 9.20. The third kappa shape index (κ3) is 3.75. The number of fused-ring (bicyclic) bond motifs is 1.